The zero-order valence-corrected chi connectivity index (χ0v) is 14.4. The highest BCUT2D eigenvalue weighted by Crippen LogP contribution is 2.19. The summed E-state index contributed by atoms with van der Waals surface area (Å²) < 4.78 is 24.0. The second-order valence-corrected chi connectivity index (χ2v) is 8.44. The summed E-state index contributed by atoms with van der Waals surface area (Å²) in [5.41, 5.74) is 2.18. The van der Waals surface area contributed by atoms with Crippen molar-refractivity contribution in [3.63, 3.8) is 0 Å². The monoisotopic (exact) mass is 340 g/mol. The Bertz CT molecular complexity index is 696. The molecule has 0 atom stereocenters. The van der Waals surface area contributed by atoms with E-state index in [-0.39, 0.29) is 5.75 Å². The molecule has 6 nitrogen and oxygen atoms in total. The van der Waals surface area contributed by atoms with Gasteiger partial charge in [0.15, 0.2) is 0 Å². The lowest BCUT2D eigenvalue weighted by Gasteiger charge is -2.05. The summed E-state index contributed by atoms with van der Waals surface area (Å²) in [6.45, 7) is 2.18. The van der Waals surface area contributed by atoms with Gasteiger partial charge in [-0.2, -0.15) is 4.68 Å². The fraction of sp³-hybridized carbons (Fsp3) is 0.500. The van der Waals surface area contributed by atoms with Crippen LogP contribution < -0.4 is 0 Å². The molecule has 0 saturated heterocycles. The van der Waals surface area contributed by atoms with Crippen LogP contribution in [0.5, 0.6) is 0 Å². The van der Waals surface area contributed by atoms with Gasteiger partial charge in [-0.1, -0.05) is 37.2 Å². The Hall–Kier alpha value is -1.41. The van der Waals surface area contributed by atoms with E-state index in [0.717, 1.165) is 12.1 Å². The highest BCUT2D eigenvalue weighted by molar-refractivity contribution is 8.00. The Labute approximate surface area is 135 Å². The summed E-state index contributed by atoms with van der Waals surface area (Å²) >= 11 is 1.34. The van der Waals surface area contributed by atoms with Gasteiger partial charge in [0, 0.05) is 12.0 Å². The molecule has 1 aromatic carbocycles. The van der Waals surface area contributed by atoms with Crippen LogP contribution in [-0.4, -0.2) is 46.4 Å². The lowest BCUT2D eigenvalue weighted by Crippen LogP contribution is -2.06. The van der Waals surface area contributed by atoms with Gasteiger partial charge in [0.05, 0.1) is 11.4 Å². The van der Waals surface area contributed by atoms with Gasteiger partial charge < -0.3 is 0 Å². The summed E-state index contributed by atoms with van der Waals surface area (Å²) in [6, 6.07) is 8.14. The number of thioether (sulfide) groups is 1. The number of benzene rings is 1. The first-order valence-electron chi connectivity index (χ1n) is 7.18. The molecule has 0 amide bonds. The molecular weight excluding hydrogens is 320 g/mol. The van der Waals surface area contributed by atoms with Crippen LogP contribution in [0.2, 0.25) is 0 Å². The smallest absolute Gasteiger partial charge is 0.214 e. The lowest BCUT2D eigenvalue weighted by atomic mass is 10.1. The SMILES string of the molecule is CCCCc1ccc(-n2nnnc2SCCS(C)(=O)=O)cc1. The third-order valence-electron chi connectivity index (χ3n) is 3.13. The van der Waals surface area contributed by atoms with Crippen molar-refractivity contribution in [2.75, 3.05) is 17.8 Å². The summed E-state index contributed by atoms with van der Waals surface area (Å²) in [7, 11) is -2.97. The van der Waals surface area contributed by atoms with E-state index in [2.05, 4.69) is 34.6 Å². The highest BCUT2D eigenvalue weighted by atomic mass is 32.2. The minimum Gasteiger partial charge on any atom is -0.229 e. The summed E-state index contributed by atoms with van der Waals surface area (Å²) in [6.07, 6.45) is 4.65. The molecular formula is C14H20N4O2S2. The van der Waals surface area contributed by atoms with Crippen molar-refractivity contribution in [1.82, 2.24) is 20.2 Å². The number of aryl methyl sites for hydroxylation is 1. The standard InChI is InChI=1S/C14H20N4O2S2/c1-3-4-5-12-6-8-13(9-7-12)18-14(15-16-17-18)21-10-11-22(2,19)20/h6-9H,3-5,10-11H2,1-2H3. The van der Waals surface area contributed by atoms with Crippen molar-refractivity contribution in [1.29, 1.82) is 0 Å². The van der Waals surface area contributed by atoms with Crippen molar-refractivity contribution in [3.05, 3.63) is 29.8 Å². The third kappa shape index (κ3) is 5.10. The van der Waals surface area contributed by atoms with Crippen LogP contribution in [-0.2, 0) is 16.3 Å². The number of tetrazole rings is 1. The van der Waals surface area contributed by atoms with Gasteiger partial charge in [0.2, 0.25) is 5.16 Å². The first-order chi connectivity index (χ1) is 10.5. The Morgan fingerprint density at radius 2 is 1.95 bits per heavy atom. The molecule has 0 spiro atoms. The number of hydrogen-bond acceptors (Lipinski definition) is 6. The Kier molecular flexibility index (Phi) is 5.96. The summed E-state index contributed by atoms with van der Waals surface area (Å²) in [5.74, 6) is 0.550. The maximum absolute atomic E-state index is 11.2. The van der Waals surface area contributed by atoms with Crippen LogP contribution in [0.3, 0.4) is 0 Å². The lowest BCUT2D eigenvalue weighted by molar-refractivity contribution is 0.603. The van der Waals surface area contributed by atoms with Crippen molar-refractivity contribution >= 4 is 21.6 Å². The van der Waals surface area contributed by atoms with E-state index >= 15 is 0 Å². The van der Waals surface area contributed by atoms with Gasteiger partial charge in [0.25, 0.3) is 0 Å². The molecule has 0 N–H and O–H groups in total. The molecule has 2 rings (SSSR count). The van der Waals surface area contributed by atoms with Crippen molar-refractivity contribution < 1.29 is 8.42 Å². The average molecular weight is 340 g/mol. The van der Waals surface area contributed by atoms with E-state index in [1.165, 1.54) is 36.4 Å². The van der Waals surface area contributed by atoms with E-state index in [4.69, 9.17) is 0 Å². The molecule has 0 aliphatic heterocycles. The van der Waals surface area contributed by atoms with E-state index in [1.54, 1.807) is 4.68 Å². The molecule has 2 aromatic rings. The number of sulfone groups is 1. The zero-order valence-electron chi connectivity index (χ0n) is 12.8. The summed E-state index contributed by atoms with van der Waals surface area (Å²) in [4.78, 5) is 0. The minimum atomic E-state index is -2.97. The van der Waals surface area contributed by atoms with Gasteiger partial charge in [-0.25, -0.2) is 8.42 Å². The summed E-state index contributed by atoms with van der Waals surface area (Å²) in [5, 5.41) is 12.2. The maximum atomic E-state index is 11.2. The van der Waals surface area contributed by atoms with Gasteiger partial charge >= 0.3 is 0 Å². The van der Waals surface area contributed by atoms with Crippen LogP contribution in [0.25, 0.3) is 5.69 Å². The molecule has 0 aliphatic carbocycles. The van der Waals surface area contributed by atoms with Crippen LogP contribution in [0, 0.1) is 0 Å². The third-order valence-corrected chi connectivity index (χ3v) is 5.25. The maximum Gasteiger partial charge on any atom is 0.214 e. The Morgan fingerprint density at radius 3 is 2.59 bits per heavy atom. The minimum absolute atomic E-state index is 0.112. The molecule has 0 unspecified atom stereocenters. The number of unbranched alkanes of at least 4 members (excludes halogenated alkanes) is 1. The molecule has 0 aliphatic rings. The van der Waals surface area contributed by atoms with Gasteiger partial charge in [-0.3, -0.25) is 0 Å². The molecule has 1 aromatic heterocycles. The second-order valence-electron chi connectivity index (χ2n) is 5.12. The normalized spacial score (nSPS) is 11.7. The van der Waals surface area contributed by atoms with Crippen molar-refractivity contribution in [3.8, 4) is 5.69 Å². The molecule has 0 saturated carbocycles. The number of hydrogen-bond donors (Lipinski definition) is 0. The molecule has 22 heavy (non-hydrogen) atoms. The first kappa shape index (κ1) is 17.0. The topological polar surface area (TPSA) is 77.7 Å². The molecule has 8 heteroatoms. The average Bonchev–Trinajstić information content (AvgIpc) is 2.93. The fourth-order valence-electron chi connectivity index (χ4n) is 1.90. The van der Waals surface area contributed by atoms with Gasteiger partial charge in [-0.15, -0.1) is 5.10 Å². The second kappa shape index (κ2) is 7.73. The van der Waals surface area contributed by atoms with Crippen molar-refractivity contribution in [2.24, 2.45) is 0 Å². The van der Waals surface area contributed by atoms with Crippen LogP contribution in [0.4, 0.5) is 0 Å². The fourth-order valence-corrected chi connectivity index (χ4v) is 3.99. The van der Waals surface area contributed by atoms with E-state index in [9.17, 15) is 8.42 Å². The van der Waals surface area contributed by atoms with Crippen LogP contribution >= 0.6 is 11.8 Å². The largest absolute Gasteiger partial charge is 0.229 e. The van der Waals surface area contributed by atoms with E-state index in [0.29, 0.717) is 10.9 Å². The van der Waals surface area contributed by atoms with E-state index < -0.39 is 9.84 Å². The zero-order chi connectivity index (χ0) is 16.0. The highest BCUT2D eigenvalue weighted by Gasteiger charge is 2.10. The quantitative estimate of drug-likeness (QED) is 0.685. The molecule has 120 valence electrons. The first-order valence-corrected chi connectivity index (χ1v) is 10.2. The number of aromatic nitrogens is 4. The molecule has 0 bridgehead atoms. The van der Waals surface area contributed by atoms with Gasteiger partial charge in [0.1, 0.15) is 9.84 Å². The van der Waals surface area contributed by atoms with Gasteiger partial charge in [-0.05, 0) is 41.0 Å². The number of nitrogens with zero attached hydrogens (tertiary/aromatic N) is 4. The Morgan fingerprint density at radius 1 is 1.23 bits per heavy atom. The number of rotatable bonds is 8. The van der Waals surface area contributed by atoms with E-state index in [1.807, 2.05) is 12.1 Å². The molecule has 0 fully saturated rings. The van der Waals surface area contributed by atoms with Crippen LogP contribution in [0.1, 0.15) is 25.3 Å². The molecule has 1 heterocycles. The van der Waals surface area contributed by atoms with Crippen LogP contribution in [0.15, 0.2) is 29.4 Å². The molecule has 0 radical (unpaired) electrons. The Balaban J connectivity index is 2.05. The van der Waals surface area contributed by atoms with Crippen molar-refractivity contribution in [2.45, 2.75) is 31.3 Å². The predicted molar refractivity (Wildman–Crippen MR) is 88.2 cm³/mol. The predicted octanol–water partition coefficient (Wildman–Crippen LogP) is 2.14.